The molecule has 1 aromatic heterocycles. The molecule has 0 fully saturated rings. The number of hydrogen-bond donors (Lipinski definition) is 2. The van der Waals surface area contributed by atoms with Crippen LogP contribution in [0.25, 0.3) is 0 Å². The highest BCUT2D eigenvalue weighted by Crippen LogP contribution is 2.06. The molecular weight excluding hydrogens is 266 g/mol. The minimum Gasteiger partial charge on any atom is -0.314 e. The third kappa shape index (κ3) is 5.25. The number of nitrogens with one attached hydrogen (secondary N) is 2. The molecule has 1 aromatic rings. The van der Waals surface area contributed by atoms with Crippen LogP contribution in [0.3, 0.4) is 0 Å². The monoisotopic (exact) mass is 289 g/mol. The van der Waals surface area contributed by atoms with E-state index in [1.165, 1.54) is 0 Å². The second-order valence-electron chi connectivity index (χ2n) is 4.78. The second kappa shape index (κ2) is 6.97. The summed E-state index contributed by atoms with van der Waals surface area (Å²) in [5.41, 5.74) is 0. The highest BCUT2D eigenvalue weighted by Gasteiger charge is 2.11. The second-order valence-corrected chi connectivity index (χ2v) is 6.88. The molecule has 110 valence electrons. The van der Waals surface area contributed by atoms with E-state index in [-0.39, 0.29) is 11.8 Å². The first-order chi connectivity index (χ1) is 8.85. The van der Waals surface area contributed by atoms with E-state index in [0.29, 0.717) is 19.1 Å². The fraction of sp³-hybridized carbons (Fsp3) is 0.818. The normalized spacial score (nSPS) is 13.9. The highest BCUT2D eigenvalue weighted by molar-refractivity contribution is 7.89. The van der Waals surface area contributed by atoms with Crippen molar-refractivity contribution >= 4 is 10.0 Å². The van der Waals surface area contributed by atoms with Crippen LogP contribution in [0.4, 0.5) is 0 Å². The topological polar surface area (TPSA) is 88.9 Å². The van der Waals surface area contributed by atoms with Gasteiger partial charge < -0.3 is 9.88 Å². The smallest absolute Gasteiger partial charge is 0.211 e. The van der Waals surface area contributed by atoms with Crippen molar-refractivity contribution in [1.29, 1.82) is 0 Å². The standard InChI is InChI=1S/C11H23N5O2S/c1-5-19(17,18)14-6-10(4)12-7-11-15-13-8-16(11)9(2)3/h8-10,12,14H,5-7H2,1-4H3/t10-/m0/s1. The zero-order chi connectivity index (χ0) is 14.5. The fourth-order valence-electron chi connectivity index (χ4n) is 1.52. The van der Waals surface area contributed by atoms with E-state index in [1.807, 2.05) is 11.5 Å². The number of rotatable bonds is 8. The van der Waals surface area contributed by atoms with Gasteiger partial charge in [0, 0.05) is 18.6 Å². The minimum absolute atomic E-state index is 0.0265. The molecule has 1 heterocycles. The van der Waals surface area contributed by atoms with E-state index in [2.05, 4.69) is 34.1 Å². The zero-order valence-corrected chi connectivity index (χ0v) is 12.7. The number of aromatic nitrogens is 3. The van der Waals surface area contributed by atoms with Gasteiger partial charge >= 0.3 is 0 Å². The Morgan fingerprint density at radius 3 is 2.63 bits per heavy atom. The molecule has 0 aliphatic heterocycles. The van der Waals surface area contributed by atoms with Crippen LogP contribution in [-0.4, -0.2) is 41.5 Å². The van der Waals surface area contributed by atoms with Crippen LogP contribution in [0.5, 0.6) is 0 Å². The van der Waals surface area contributed by atoms with Crippen LogP contribution in [0.15, 0.2) is 6.33 Å². The first-order valence-electron chi connectivity index (χ1n) is 6.44. The van der Waals surface area contributed by atoms with Gasteiger partial charge in [0.25, 0.3) is 0 Å². The molecular formula is C11H23N5O2S. The number of nitrogens with zero attached hydrogens (tertiary/aromatic N) is 3. The van der Waals surface area contributed by atoms with Gasteiger partial charge in [-0.2, -0.15) is 0 Å². The summed E-state index contributed by atoms with van der Waals surface area (Å²) in [6.45, 7) is 8.59. The summed E-state index contributed by atoms with van der Waals surface area (Å²) >= 11 is 0. The van der Waals surface area contributed by atoms with E-state index in [4.69, 9.17) is 0 Å². The van der Waals surface area contributed by atoms with Gasteiger partial charge in [0.05, 0.1) is 12.3 Å². The summed E-state index contributed by atoms with van der Waals surface area (Å²) in [7, 11) is -3.13. The number of sulfonamides is 1. The van der Waals surface area contributed by atoms with Crippen molar-refractivity contribution in [1.82, 2.24) is 24.8 Å². The predicted octanol–water partition coefficient (Wildman–Crippen LogP) is 0.276. The van der Waals surface area contributed by atoms with Crippen LogP contribution in [0.1, 0.15) is 39.6 Å². The molecule has 0 unspecified atom stereocenters. The molecule has 0 spiro atoms. The van der Waals surface area contributed by atoms with E-state index in [0.717, 1.165) is 5.82 Å². The molecule has 0 aromatic carbocycles. The number of hydrogen-bond acceptors (Lipinski definition) is 5. The van der Waals surface area contributed by atoms with Crippen molar-refractivity contribution in [2.24, 2.45) is 0 Å². The SMILES string of the molecule is CCS(=O)(=O)NC[C@H](C)NCc1nncn1C(C)C. The van der Waals surface area contributed by atoms with Crippen LogP contribution >= 0.6 is 0 Å². The van der Waals surface area contributed by atoms with Crippen molar-refractivity contribution in [3.63, 3.8) is 0 Å². The summed E-state index contributed by atoms with van der Waals surface area (Å²) in [5.74, 6) is 0.946. The Labute approximate surface area is 114 Å². The molecule has 0 bridgehead atoms. The molecule has 0 amide bonds. The Morgan fingerprint density at radius 1 is 1.37 bits per heavy atom. The van der Waals surface area contributed by atoms with Crippen LogP contribution in [-0.2, 0) is 16.6 Å². The molecule has 0 radical (unpaired) electrons. The zero-order valence-electron chi connectivity index (χ0n) is 11.9. The Bertz CT molecular complexity index is 483. The molecule has 2 N–H and O–H groups in total. The maximum absolute atomic E-state index is 11.3. The molecule has 0 saturated carbocycles. The fourth-order valence-corrected chi connectivity index (χ4v) is 2.22. The lowest BCUT2D eigenvalue weighted by molar-refractivity contribution is 0.490. The molecule has 0 aliphatic carbocycles. The van der Waals surface area contributed by atoms with Gasteiger partial charge in [-0.05, 0) is 27.7 Å². The molecule has 8 heteroatoms. The summed E-state index contributed by atoms with van der Waals surface area (Å²) in [6.07, 6.45) is 1.70. The van der Waals surface area contributed by atoms with E-state index in [1.54, 1.807) is 13.3 Å². The van der Waals surface area contributed by atoms with Gasteiger partial charge in [0.1, 0.15) is 12.2 Å². The van der Waals surface area contributed by atoms with Gasteiger partial charge in [-0.3, -0.25) is 0 Å². The third-order valence-electron chi connectivity index (χ3n) is 2.80. The predicted molar refractivity (Wildman–Crippen MR) is 74.2 cm³/mol. The minimum atomic E-state index is -3.13. The average Bonchev–Trinajstić information content (AvgIpc) is 2.82. The Balaban J connectivity index is 2.42. The molecule has 0 aliphatic rings. The van der Waals surface area contributed by atoms with Crippen molar-refractivity contribution in [2.75, 3.05) is 12.3 Å². The van der Waals surface area contributed by atoms with Crippen LogP contribution < -0.4 is 10.0 Å². The van der Waals surface area contributed by atoms with E-state index < -0.39 is 10.0 Å². The summed E-state index contributed by atoms with van der Waals surface area (Å²) in [4.78, 5) is 0. The van der Waals surface area contributed by atoms with Crippen molar-refractivity contribution in [3.05, 3.63) is 12.2 Å². The molecule has 19 heavy (non-hydrogen) atoms. The summed E-state index contributed by atoms with van der Waals surface area (Å²) in [6, 6.07) is 0.333. The van der Waals surface area contributed by atoms with Crippen LogP contribution in [0, 0.1) is 0 Å². The Morgan fingerprint density at radius 2 is 2.05 bits per heavy atom. The van der Waals surface area contributed by atoms with Gasteiger partial charge in [0.15, 0.2) is 0 Å². The van der Waals surface area contributed by atoms with Gasteiger partial charge in [-0.1, -0.05) is 0 Å². The van der Waals surface area contributed by atoms with Gasteiger partial charge in [-0.25, -0.2) is 13.1 Å². The van der Waals surface area contributed by atoms with Crippen molar-refractivity contribution in [2.45, 2.75) is 46.3 Å². The molecule has 1 atom stereocenters. The van der Waals surface area contributed by atoms with Gasteiger partial charge in [-0.15, -0.1) is 10.2 Å². The quantitative estimate of drug-likeness (QED) is 0.717. The maximum Gasteiger partial charge on any atom is 0.211 e. The molecule has 0 saturated heterocycles. The lowest BCUT2D eigenvalue weighted by Crippen LogP contribution is -2.39. The molecule has 1 rings (SSSR count). The summed E-state index contributed by atoms with van der Waals surface area (Å²) in [5, 5.41) is 11.2. The first kappa shape index (κ1) is 16.1. The van der Waals surface area contributed by atoms with Crippen molar-refractivity contribution < 1.29 is 8.42 Å². The average molecular weight is 289 g/mol. The lowest BCUT2D eigenvalue weighted by Gasteiger charge is -2.15. The Hall–Kier alpha value is -0.990. The third-order valence-corrected chi connectivity index (χ3v) is 4.17. The van der Waals surface area contributed by atoms with E-state index in [9.17, 15) is 8.42 Å². The maximum atomic E-state index is 11.3. The first-order valence-corrected chi connectivity index (χ1v) is 8.10. The lowest BCUT2D eigenvalue weighted by atomic mass is 10.3. The Kier molecular flexibility index (Phi) is 5.89. The highest BCUT2D eigenvalue weighted by atomic mass is 32.2. The molecule has 7 nitrogen and oxygen atoms in total. The van der Waals surface area contributed by atoms with Crippen LogP contribution in [0.2, 0.25) is 0 Å². The van der Waals surface area contributed by atoms with Gasteiger partial charge in [0.2, 0.25) is 10.0 Å². The van der Waals surface area contributed by atoms with Crippen molar-refractivity contribution in [3.8, 4) is 0 Å². The largest absolute Gasteiger partial charge is 0.314 e. The summed E-state index contributed by atoms with van der Waals surface area (Å²) < 4.78 is 27.2. The van der Waals surface area contributed by atoms with E-state index >= 15 is 0 Å².